The van der Waals surface area contributed by atoms with Crippen LogP contribution in [0.3, 0.4) is 0 Å². The molecule has 0 aromatic carbocycles. The van der Waals surface area contributed by atoms with Crippen LogP contribution in [0.4, 0.5) is 0 Å². The summed E-state index contributed by atoms with van der Waals surface area (Å²) in [5.41, 5.74) is 0. The van der Waals surface area contributed by atoms with Crippen molar-refractivity contribution >= 4 is 13.7 Å². The number of carbonyl (C=O) groups is 1. The van der Waals surface area contributed by atoms with Crippen molar-refractivity contribution in [3.8, 4) is 0 Å². The maximum Gasteiger partial charge on any atom is 0.268 e. The Morgan fingerprint density at radius 3 is 1.18 bits per heavy atom. The molecule has 0 radical (unpaired) electrons. The molecule has 3 unspecified atom stereocenters. The van der Waals surface area contributed by atoms with Gasteiger partial charge in [0, 0.05) is 6.42 Å². The number of unbranched alkanes of at least 4 members (excludes halogenated alkanes) is 36. The van der Waals surface area contributed by atoms with Crippen LogP contribution in [-0.4, -0.2) is 68.5 Å². The molecule has 460 valence electrons. The quantitative estimate of drug-likeness (QED) is 0.0272. The molecule has 0 heterocycles. The lowest BCUT2D eigenvalue weighted by Gasteiger charge is -2.29. The third-order valence-electron chi connectivity index (χ3n) is 14.8. The Hall–Kier alpha value is -2.32. The van der Waals surface area contributed by atoms with Crippen LogP contribution >= 0.6 is 7.82 Å². The average molecular weight is 1130 g/mol. The molecule has 0 aliphatic rings. The van der Waals surface area contributed by atoms with Crippen molar-refractivity contribution in [1.82, 2.24) is 5.32 Å². The Balaban J connectivity index is 4.15. The summed E-state index contributed by atoms with van der Waals surface area (Å²) in [6, 6.07) is -0.914. The van der Waals surface area contributed by atoms with Crippen molar-refractivity contribution in [3.63, 3.8) is 0 Å². The van der Waals surface area contributed by atoms with E-state index in [1.165, 1.54) is 212 Å². The van der Waals surface area contributed by atoms with Gasteiger partial charge in [-0.15, -0.1) is 0 Å². The van der Waals surface area contributed by atoms with Gasteiger partial charge in [-0.2, -0.15) is 0 Å². The molecule has 8 nitrogen and oxygen atoms in total. The molecule has 0 aliphatic carbocycles. The molecule has 0 aromatic rings. The SMILES string of the molecule is CC/C=C\C/C=C\C/C=C\C/C=C\CCCCCCCCCCCCCCCCCCCCC(=O)NC(COP(=O)([O-])OCC[N+](C)(C)C)C(O)/C=C/CC/C=C/CC/C=C/CCCCCCCCCCCCCCCCCC. The lowest BCUT2D eigenvalue weighted by atomic mass is 10.0. The highest BCUT2D eigenvalue weighted by molar-refractivity contribution is 7.45. The van der Waals surface area contributed by atoms with Crippen LogP contribution in [0.15, 0.2) is 85.1 Å². The summed E-state index contributed by atoms with van der Waals surface area (Å²) in [5.74, 6) is -0.209. The minimum atomic E-state index is -4.62. The number of nitrogens with one attached hydrogen (secondary N) is 1. The largest absolute Gasteiger partial charge is 0.756 e. The molecule has 0 saturated heterocycles. The van der Waals surface area contributed by atoms with E-state index in [4.69, 9.17) is 9.05 Å². The van der Waals surface area contributed by atoms with E-state index in [1.54, 1.807) is 6.08 Å². The molecular weight excluding hydrogens is 996 g/mol. The first-order valence-corrected chi connectivity index (χ1v) is 34.9. The molecule has 3 atom stereocenters. The molecule has 0 aromatic heterocycles. The van der Waals surface area contributed by atoms with Crippen LogP contribution in [-0.2, 0) is 18.4 Å². The van der Waals surface area contributed by atoms with Crippen LogP contribution in [0.5, 0.6) is 0 Å². The number of quaternary nitrogens is 1. The van der Waals surface area contributed by atoms with Gasteiger partial charge in [0.15, 0.2) is 0 Å². The number of hydrogen-bond donors (Lipinski definition) is 2. The predicted octanol–water partition coefficient (Wildman–Crippen LogP) is 20.5. The molecule has 0 aliphatic heterocycles. The van der Waals surface area contributed by atoms with Gasteiger partial charge < -0.3 is 28.8 Å². The molecule has 0 spiro atoms. The highest BCUT2D eigenvalue weighted by atomic mass is 31.2. The second-order valence-electron chi connectivity index (χ2n) is 23.8. The van der Waals surface area contributed by atoms with Gasteiger partial charge in [0.25, 0.3) is 7.82 Å². The van der Waals surface area contributed by atoms with E-state index in [1.807, 2.05) is 27.2 Å². The van der Waals surface area contributed by atoms with Gasteiger partial charge in [-0.1, -0.05) is 298 Å². The van der Waals surface area contributed by atoms with Crippen molar-refractivity contribution in [2.24, 2.45) is 0 Å². The number of hydrogen-bond acceptors (Lipinski definition) is 6. The normalized spacial score (nSPS) is 14.3. The molecule has 9 heteroatoms. The van der Waals surface area contributed by atoms with Crippen LogP contribution in [0.25, 0.3) is 0 Å². The lowest BCUT2D eigenvalue weighted by Crippen LogP contribution is -2.45. The van der Waals surface area contributed by atoms with E-state index in [0.717, 1.165) is 70.6 Å². The summed E-state index contributed by atoms with van der Waals surface area (Å²) in [7, 11) is 1.24. The summed E-state index contributed by atoms with van der Waals surface area (Å²) in [6.07, 6.45) is 85.6. The molecular formula is C70H129N2O6P. The Labute approximate surface area is 490 Å². The van der Waals surface area contributed by atoms with Gasteiger partial charge in [0.2, 0.25) is 5.91 Å². The zero-order valence-electron chi connectivity index (χ0n) is 52.6. The number of aliphatic hydroxyl groups is 1. The molecule has 0 bridgehead atoms. The zero-order chi connectivity index (χ0) is 57.7. The monoisotopic (exact) mass is 1120 g/mol. The molecule has 2 N–H and O–H groups in total. The fourth-order valence-corrected chi connectivity index (χ4v) is 10.4. The van der Waals surface area contributed by atoms with E-state index in [9.17, 15) is 19.4 Å². The van der Waals surface area contributed by atoms with Gasteiger partial charge in [0.05, 0.1) is 39.9 Å². The Kier molecular flexibility index (Phi) is 58.5. The number of rotatable bonds is 61. The van der Waals surface area contributed by atoms with Crippen molar-refractivity contribution in [2.75, 3.05) is 40.9 Å². The Bertz CT molecular complexity index is 1560. The summed E-state index contributed by atoms with van der Waals surface area (Å²) < 4.78 is 23.4. The first-order chi connectivity index (χ1) is 38.5. The summed E-state index contributed by atoms with van der Waals surface area (Å²) in [5, 5.41) is 13.9. The minimum absolute atomic E-state index is 0.0107. The van der Waals surface area contributed by atoms with E-state index in [-0.39, 0.29) is 12.5 Å². The molecule has 0 fully saturated rings. The predicted molar refractivity (Wildman–Crippen MR) is 343 cm³/mol. The standard InChI is InChI=1S/C70H129N2O6P/c1-6-8-10-12-14-16-18-20-22-24-26-28-30-32-34-35-36-37-38-40-42-44-46-48-50-52-54-56-58-60-62-64-70(74)71-68(67-78-79(75,76)77-66-65-72(3,4)5)69(73)63-61-59-57-55-53-51-49-47-45-43-41-39-33-31-29-27-25-23-21-19-17-15-13-11-9-7-2/h8,10,14,16,20,22,26,28,45,47,53,55,61,63,68-69,73H,6-7,9,11-13,15,17-19,21,23-25,27,29-44,46,48-52,54,56-60,62,64-67H2,1-5H3,(H-,71,74,75,76)/b10-8-,16-14-,22-20-,28-26-,47-45+,55-53+,63-61+. The Morgan fingerprint density at radius 2 is 0.785 bits per heavy atom. The zero-order valence-corrected chi connectivity index (χ0v) is 53.5. The van der Waals surface area contributed by atoms with Gasteiger partial charge in [-0.25, -0.2) is 0 Å². The van der Waals surface area contributed by atoms with E-state index >= 15 is 0 Å². The smallest absolute Gasteiger partial charge is 0.268 e. The number of allylic oxidation sites excluding steroid dienone is 13. The third kappa shape index (κ3) is 63.1. The molecule has 0 saturated carbocycles. The van der Waals surface area contributed by atoms with E-state index in [2.05, 4.69) is 92.1 Å². The fourth-order valence-electron chi connectivity index (χ4n) is 9.65. The summed E-state index contributed by atoms with van der Waals surface area (Å²) >= 11 is 0. The first-order valence-electron chi connectivity index (χ1n) is 33.4. The maximum absolute atomic E-state index is 13.0. The highest BCUT2D eigenvalue weighted by Crippen LogP contribution is 2.38. The topological polar surface area (TPSA) is 108 Å². The Morgan fingerprint density at radius 1 is 0.456 bits per heavy atom. The number of aliphatic hydroxyl groups excluding tert-OH is 1. The average Bonchev–Trinajstić information content (AvgIpc) is 3.42. The molecule has 1 amide bonds. The minimum Gasteiger partial charge on any atom is -0.756 e. The second kappa shape index (κ2) is 60.3. The summed E-state index contributed by atoms with van der Waals surface area (Å²) in [4.78, 5) is 25.6. The second-order valence-corrected chi connectivity index (χ2v) is 25.2. The molecule has 79 heavy (non-hydrogen) atoms. The van der Waals surface area contributed by atoms with Gasteiger partial charge >= 0.3 is 0 Å². The van der Waals surface area contributed by atoms with Crippen molar-refractivity contribution in [2.45, 2.75) is 315 Å². The maximum atomic E-state index is 13.0. The highest BCUT2D eigenvalue weighted by Gasteiger charge is 2.23. The summed E-state index contributed by atoms with van der Waals surface area (Å²) in [6.45, 7) is 4.54. The lowest BCUT2D eigenvalue weighted by molar-refractivity contribution is -0.870. The van der Waals surface area contributed by atoms with Gasteiger partial charge in [-0.05, 0) is 83.5 Å². The number of nitrogens with zero attached hydrogens (tertiary/aromatic N) is 1. The fraction of sp³-hybridized carbons (Fsp3) is 0.786. The number of amides is 1. The number of phosphoric ester groups is 1. The number of carbonyl (C=O) groups excluding carboxylic acids is 1. The molecule has 0 rings (SSSR count). The van der Waals surface area contributed by atoms with Crippen LogP contribution in [0.2, 0.25) is 0 Å². The van der Waals surface area contributed by atoms with Crippen molar-refractivity contribution < 1.29 is 32.9 Å². The van der Waals surface area contributed by atoms with E-state index in [0.29, 0.717) is 17.4 Å². The van der Waals surface area contributed by atoms with Crippen molar-refractivity contribution in [3.05, 3.63) is 85.1 Å². The third-order valence-corrected chi connectivity index (χ3v) is 15.8. The first kappa shape index (κ1) is 76.7. The van der Waals surface area contributed by atoms with Crippen LogP contribution in [0.1, 0.15) is 303 Å². The van der Waals surface area contributed by atoms with Gasteiger partial charge in [0.1, 0.15) is 13.2 Å². The van der Waals surface area contributed by atoms with Crippen LogP contribution < -0.4 is 10.2 Å². The number of likely N-dealkylation sites (N-methyl/N-ethyl adjacent to an activating group) is 1. The van der Waals surface area contributed by atoms with Gasteiger partial charge in [-0.3, -0.25) is 9.36 Å². The van der Waals surface area contributed by atoms with E-state index < -0.39 is 26.6 Å². The van der Waals surface area contributed by atoms with Crippen molar-refractivity contribution in [1.29, 1.82) is 0 Å². The van der Waals surface area contributed by atoms with Crippen LogP contribution in [0, 0.1) is 0 Å². The number of phosphoric acid groups is 1.